The summed E-state index contributed by atoms with van der Waals surface area (Å²) < 4.78 is 5.21. The summed E-state index contributed by atoms with van der Waals surface area (Å²) >= 11 is 5.73. The van der Waals surface area contributed by atoms with Gasteiger partial charge in [0.15, 0.2) is 5.78 Å². The summed E-state index contributed by atoms with van der Waals surface area (Å²) in [5.41, 5.74) is 1.02. The molecule has 0 aromatic heterocycles. The Morgan fingerprint density at radius 3 is 2.46 bits per heavy atom. The van der Waals surface area contributed by atoms with Gasteiger partial charge in [0.05, 0.1) is 0 Å². The average molecular weight is 197 g/mol. The van der Waals surface area contributed by atoms with Crippen molar-refractivity contribution in [1.82, 2.24) is 0 Å². The molecule has 0 spiro atoms. The third-order valence-corrected chi connectivity index (χ3v) is 2.34. The van der Waals surface area contributed by atoms with Gasteiger partial charge in [0, 0.05) is 5.02 Å². The fourth-order valence-electron chi connectivity index (χ4n) is 1.33. The second-order valence-electron chi connectivity index (χ2n) is 3.14. The molecule has 13 heavy (non-hydrogen) atoms. The van der Waals surface area contributed by atoms with Gasteiger partial charge in [-0.15, -0.1) is 0 Å². The molecule has 1 aromatic carbocycles. The van der Waals surface area contributed by atoms with Gasteiger partial charge in [0.25, 0.3) is 0 Å². The van der Waals surface area contributed by atoms with Gasteiger partial charge in [0.1, 0.15) is 12.2 Å². The van der Waals surface area contributed by atoms with Gasteiger partial charge in [-0.2, -0.15) is 0 Å². The van der Waals surface area contributed by atoms with E-state index in [0.717, 1.165) is 5.56 Å². The Labute approximate surface area is 81.5 Å². The maximum atomic E-state index is 10.9. The molecular formula is C10H9ClO2. The molecule has 0 unspecified atom stereocenters. The predicted molar refractivity (Wildman–Crippen MR) is 49.7 cm³/mol. The first-order valence-corrected chi connectivity index (χ1v) is 4.47. The maximum absolute atomic E-state index is 10.9. The Hall–Kier alpha value is -0.860. The van der Waals surface area contributed by atoms with E-state index in [1.165, 1.54) is 0 Å². The molecule has 0 amide bonds. The number of carbonyl (C=O) groups is 1. The number of halogens is 1. The van der Waals surface area contributed by atoms with Crippen LogP contribution in [0.25, 0.3) is 0 Å². The molecule has 0 saturated carbocycles. The zero-order valence-electron chi connectivity index (χ0n) is 7.16. The Balaban J connectivity index is 2.12. The number of hydrogen-bond donors (Lipinski definition) is 0. The van der Waals surface area contributed by atoms with E-state index in [-0.39, 0.29) is 18.0 Å². The van der Waals surface area contributed by atoms with Crippen molar-refractivity contribution in [3.05, 3.63) is 34.9 Å². The smallest absolute Gasteiger partial charge is 0.161 e. The molecule has 1 aliphatic heterocycles. The van der Waals surface area contributed by atoms with Crippen LogP contribution in [0.5, 0.6) is 0 Å². The fraction of sp³-hybridized carbons (Fsp3) is 0.300. The third kappa shape index (κ3) is 1.74. The minimum atomic E-state index is -0.235. The van der Waals surface area contributed by atoms with E-state index in [4.69, 9.17) is 16.3 Å². The zero-order chi connectivity index (χ0) is 9.42. The molecular weight excluding hydrogens is 188 g/mol. The molecule has 0 N–H and O–H groups in total. The first kappa shape index (κ1) is 8.73. The highest BCUT2D eigenvalue weighted by atomic mass is 35.5. The highest BCUT2D eigenvalue weighted by molar-refractivity contribution is 6.30. The number of carbonyl (C=O) groups excluding carboxylic acids is 1. The van der Waals surface area contributed by atoms with Gasteiger partial charge in [-0.3, -0.25) is 4.79 Å². The largest absolute Gasteiger partial charge is 0.356 e. The van der Waals surface area contributed by atoms with E-state index in [1.54, 1.807) is 19.1 Å². The van der Waals surface area contributed by atoms with Crippen molar-refractivity contribution in [2.24, 2.45) is 0 Å². The molecule has 0 radical (unpaired) electrons. The molecule has 2 rings (SSSR count). The zero-order valence-corrected chi connectivity index (χ0v) is 7.91. The quantitative estimate of drug-likeness (QED) is 0.680. The molecule has 1 fully saturated rings. The van der Waals surface area contributed by atoms with Crippen LogP contribution in [0.15, 0.2) is 24.3 Å². The molecule has 1 aromatic rings. The van der Waals surface area contributed by atoms with Crippen molar-refractivity contribution < 1.29 is 9.53 Å². The minimum Gasteiger partial charge on any atom is -0.356 e. The summed E-state index contributed by atoms with van der Waals surface area (Å²) in [6, 6.07) is 7.37. The van der Waals surface area contributed by atoms with Gasteiger partial charge in [-0.05, 0) is 24.6 Å². The molecule has 2 nitrogen and oxygen atoms in total. The van der Waals surface area contributed by atoms with Crippen molar-refractivity contribution in [2.45, 2.75) is 19.1 Å². The van der Waals surface area contributed by atoms with Gasteiger partial charge in [-0.25, -0.2) is 0 Å². The maximum Gasteiger partial charge on any atom is 0.161 e. The van der Waals surface area contributed by atoms with E-state index in [0.29, 0.717) is 5.02 Å². The summed E-state index contributed by atoms with van der Waals surface area (Å²) in [7, 11) is 0. The van der Waals surface area contributed by atoms with Crippen molar-refractivity contribution in [2.75, 3.05) is 0 Å². The lowest BCUT2D eigenvalue weighted by Crippen LogP contribution is -2.00. The summed E-state index contributed by atoms with van der Waals surface area (Å²) in [5, 5.41) is 0.698. The number of rotatable bonds is 2. The number of hydrogen-bond acceptors (Lipinski definition) is 2. The van der Waals surface area contributed by atoms with E-state index >= 15 is 0 Å². The first-order chi connectivity index (χ1) is 6.18. The SMILES string of the molecule is CC(=O)[C@@H]1O[C@H]1c1ccc(Cl)cc1. The summed E-state index contributed by atoms with van der Waals surface area (Å²) in [6.45, 7) is 1.54. The topological polar surface area (TPSA) is 29.6 Å². The third-order valence-electron chi connectivity index (χ3n) is 2.09. The van der Waals surface area contributed by atoms with Gasteiger partial charge in [0.2, 0.25) is 0 Å². The molecule has 1 saturated heterocycles. The number of ether oxygens (including phenoxy) is 1. The highest BCUT2D eigenvalue weighted by Gasteiger charge is 2.43. The average Bonchev–Trinajstić information content (AvgIpc) is 2.85. The number of epoxide rings is 1. The van der Waals surface area contributed by atoms with E-state index in [1.807, 2.05) is 12.1 Å². The Bertz CT molecular complexity index is 331. The van der Waals surface area contributed by atoms with Gasteiger partial charge in [-0.1, -0.05) is 23.7 Å². The lowest BCUT2D eigenvalue weighted by Gasteiger charge is -1.94. The highest BCUT2D eigenvalue weighted by Crippen LogP contribution is 2.39. The van der Waals surface area contributed by atoms with Crippen LogP contribution in [-0.4, -0.2) is 11.9 Å². The normalized spacial score (nSPS) is 25.7. The van der Waals surface area contributed by atoms with E-state index in [2.05, 4.69) is 0 Å². The molecule has 0 bridgehead atoms. The van der Waals surface area contributed by atoms with Crippen molar-refractivity contribution in [3.8, 4) is 0 Å². The molecule has 3 heteroatoms. The lowest BCUT2D eigenvalue weighted by atomic mass is 10.1. The lowest BCUT2D eigenvalue weighted by molar-refractivity contribution is -0.118. The van der Waals surface area contributed by atoms with Crippen LogP contribution in [0.3, 0.4) is 0 Å². The summed E-state index contributed by atoms with van der Waals surface area (Å²) in [4.78, 5) is 10.9. The van der Waals surface area contributed by atoms with Crippen molar-refractivity contribution >= 4 is 17.4 Å². The van der Waals surface area contributed by atoms with Crippen LogP contribution in [-0.2, 0) is 9.53 Å². The van der Waals surface area contributed by atoms with Crippen LogP contribution in [0.2, 0.25) is 5.02 Å². The number of Topliss-reactive ketones (excluding diaryl/α,β-unsaturated/α-hetero) is 1. The molecule has 0 aliphatic carbocycles. The molecule has 68 valence electrons. The van der Waals surface area contributed by atoms with Crippen LogP contribution >= 0.6 is 11.6 Å². The minimum absolute atomic E-state index is 0.0465. The van der Waals surface area contributed by atoms with Crippen molar-refractivity contribution in [1.29, 1.82) is 0 Å². The van der Waals surface area contributed by atoms with Gasteiger partial charge < -0.3 is 4.74 Å². The fourth-order valence-corrected chi connectivity index (χ4v) is 1.45. The monoisotopic (exact) mass is 196 g/mol. The second kappa shape index (κ2) is 3.13. The Morgan fingerprint density at radius 1 is 1.38 bits per heavy atom. The first-order valence-electron chi connectivity index (χ1n) is 4.10. The number of ketones is 1. The van der Waals surface area contributed by atoms with Crippen LogP contribution in [0.1, 0.15) is 18.6 Å². The van der Waals surface area contributed by atoms with Crippen LogP contribution < -0.4 is 0 Å². The molecule has 1 aliphatic rings. The van der Waals surface area contributed by atoms with Crippen LogP contribution in [0.4, 0.5) is 0 Å². The Morgan fingerprint density at radius 2 is 2.00 bits per heavy atom. The standard InChI is InChI=1S/C10H9ClO2/c1-6(12)9-10(13-9)7-2-4-8(11)5-3-7/h2-5,9-10H,1H3/t9-,10-/m0/s1. The molecule has 1 heterocycles. The predicted octanol–water partition coefficient (Wildman–Crippen LogP) is 2.37. The summed E-state index contributed by atoms with van der Waals surface area (Å²) in [5.74, 6) is 0.0833. The summed E-state index contributed by atoms with van der Waals surface area (Å²) in [6.07, 6.45) is -0.282. The van der Waals surface area contributed by atoms with Gasteiger partial charge >= 0.3 is 0 Å². The second-order valence-corrected chi connectivity index (χ2v) is 3.58. The number of benzene rings is 1. The molecule has 2 atom stereocenters. The van der Waals surface area contributed by atoms with E-state index in [9.17, 15) is 4.79 Å². The Kier molecular flexibility index (Phi) is 2.10. The van der Waals surface area contributed by atoms with Crippen molar-refractivity contribution in [3.63, 3.8) is 0 Å². The van der Waals surface area contributed by atoms with Crippen LogP contribution in [0, 0.1) is 0 Å². The van der Waals surface area contributed by atoms with E-state index < -0.39 is 0 Å².